The molecule has 0 aliphatic carbocycles. The molecule has 0 radical (unpaired) electrons. The van der Waals surface area contributed by atoms with Gasteiger partial charge in [-0.3, -0.25) is 15.5 Å². The lowest BCUT2D eigenvalue weighted by molar-refractivity contribution is -0.384. The van der Waals surface area contributed by atoms with E-state index in [1.807, 2.05) is 6.07 Å². The number of hydrogen-bond acceptors (Lipinski definition) is 6. The van der Waals surface area contributed by atoms with Crippen LogP contribution in [-0.2, 0) is 0 Å². The highest BCUT2D eigenvalue weighted by Gasteiger charge is 2.08. The molecule has 2 aromatic carbocycles. The molecular weight excluding hydrogens is 383 g/mol. The number of nitro groups is 1. The van der Waals surface area contributed by atoms with Crippen molar-refractivity contribution in [3.63, 3.8) is 0 Å². The summed E-state index contributed by atoms with van der Waals surface area (Å²) in [5, 5.41) is 16.5. The van der Waals surface area contributed by atoms with E-state index in [1.54, 1.807) is 36.7 Å². The van der Waals surface area contributed by atoms with Crippen LogP contribution in [0.5, 0.6) is 0 Å². The van der Waals surface area contributed by atoms with E-state index >= 15 is 0 Å². The average molecular weight is 393 g/mol. The van der Waals surface area contributed by atoms with Gasteiger partial charge in [0.15, 0.2) is 0 Å². The maximum Gasteiger partial charge on any atom is 0.269 e. The Morgan fingerprint density at radius 3 is 2.64 bits per heavy atom. The molecule has 0 bridgehead atoms. The third kappa shape index (κ3) is 4.33. The third-order valence-corrected chi connectivity index (χ3v) is 4.68. The van der Waals surface area contributed by atoms with Crippen LogP contribution in [0.4, 0.5) is 11.4 Å². The number of nitrogens with zero attached hydrogens (tertiary/aromatic N) is 3. The summed E-state index contributed by atoms with van der Waals surface area (Å²) in [7, 11) is 0. The first-order valence-corrected chi connectivity index (χ1v) is 8.55. The molecule has 0 unspecified atom stereocenters. The Balaban J connectivity index is 1.68. The third-order valence-electron chi connectivity index (χ3n) is 3.17. The molecule has 0 aliphatic heterocycles. The van der Waals surface area contributed by atoms with E-state index < -0.39 is 4.92 Å². The number of aromatic nitrogens is 1. The lowest BCUT2D eigenvalue weighted by atomic mass is 10.2. The molecule has 0 saturated heterocycles. The number of hydrazone groups is 1. The number of nitrogens with one attached hydrogen (secondary N) is 1. The number of halogens is 2. The summed E-state index contributed by atoms with van der Waals surface area (Å²) in [6, 6.07) is 11.3. The molecule has 0 amide bonds. The van der Waals surface area contributed by atoms with Gasteiger partial charge in [0.1, 0.15) is 5.01 Å². The smallest absolute Gasteiger partial charge is 0.269 e. The zero-order valence-electron chi connectivity index (χ0n) is 12.5. The van der Waals surface area contributed by atoms with Crippen LogP contribution >= 0.6 is 34.5 Å². The summed E-state index contributed by atoms with van der Waals surface area (Å²) in [5.41, 5.74) is 4.32. The fourth-order valence-electron chi connectivity index (χ4n) is 1.98. The molecule has 0 atom stereocenters. The Morgan fingerprint density at radius 2 is 1.96 bits per heavy atom. The van der Waals surface area contributed by atoms with Crippen LogP contribution in [0.2, 0.25) is 10.0 Å². The Labute approximate surface area is 156 Å². The number of benzene rings is 2. The maximum absolute atomic E-state index is 10.6. The van der Waals surface area contributed by atoms with Crippen LogP contribution < -0.4 is 5.43 Å². The minimum absolute atomic E-state index is 0.0268. The van der Waals surface area contributed by atoms with Gasteiger partial charge in [-0.05, 0) is 24.3 Å². The number of nitro benzene ring substituents is 1. The van der Waals surface area contributed by atoms with Crippen molar-refractivity contribution in [2.45, 2.75) is 0 Å². The van der Waals surface area contributed by atoms with Gasteiger partial charge in [-0.2, -0.15) is 5.10 Å². The highest BCUT2D eigenvalue weighted by Crippen LogP contribution is 2.33. The van der Waals surface area contributed by atoms with E-state index in [4.69, 9.17) is 23.2 Å². The van der Waals surface area contributed by atoms with E-state index in [-0.39, 0.29) is 5.69 Å². The standard InChI is InChI=1S/C16H10Cl2N4O2S/c17-10-1-6-13(14(18)7-10)15-8-19-16(25-15)9-20-21-11-2-4-12(5-3-11)22(23)24/h1-9,21H/b20-9+. The van der Waals surface area contributed by atoms with E-state index in [9.17, 15) is 10.1 Å². The van der Waals surface area contributed by atoms with Gasteiger partial charge in [-0.15, -0.1) is 11.3 Å². The highest BCUT2D eigenvalue weighted by atomic mass is 35.5. The van der Waals surface area contributed by atoms with Crippen molar-refractivity contribution in [1.82, 2.24) is 4.98 Å². The second kappa shape index (κ2) is 7.60. The van der Waals surface area contributed by atoms with Crippen molar-refractivity contribution in [3.05, 3.63) is 73.8 Å². The van der Waals surface area contributed by atoms with Crippen molar-refractivity contribution in [1.29, 1.82) is 0 Å². The molecular formula is C16H10Cl2N4O2S. The van der Waals surface area contributed by atoms with Crippen LogP contribution in [0, 0.1) is 10.1 Å². The molecule has 0 spiro atoms. The van der Waals surface area contributed by atoms with Crippen LogP contribution in [0.1, 0.15) is 5.01 Å². The topological polar surface area (TPSA) is 80.4 Å². The number of rotatable bonds is 5. The Morgan fingerprint density at radius 1 is 1.20 bits per heavy atom. The lowest BCUT2D eigenvalue weighted by Gasteiger charge is -2.00. The zero-order chi connectivity index (χ0) is 17.8. The minimum atomic E-state index is -0.452. The molecule has 6 nitrogen and oxygen atoms in total. The number of non-ortho nitro benzene ring substituents is 1. The van der Waals surface area contributed by atoms with Crippen LogP contribution in [0.15, 0.2) is 53.8 Å². The summed E-state index contributed by atoms with van der Waals surface area (Å²) in [5.74, 6) is 0. The molecule has 3 aromatic rings. The van der Waals surface area contributed by atoms with Crippen molar-refractivity contribution in [3.8, 4) is 10.4 Å². The van der Waals surface area contributed by atoms with Gasteiger partial charge in [-0.1, -0.05) is 29.3 Å². The largest absolute Gasteiger partial charge is 0.278 e. The average Bonchev–Trinajstić information content (AvgIpc) is 3.04. The monoisotopic (exact) mass is 392 g/mol. The second-order valence-electron chi connectivity index (χ2n) is 4.86. The normalized spacial score (nSPS) is 11.0. The Kier molecular flexibility index (Phi) is 5.28. The SMILES string of the molecule is O=[N+]([O-])c1ccc(N/N=C/c2ncc(-c3ccc(Cl)cc3Cl)s2)cc1. The molecule has 1 aromatic heterocycles. The molecule has 0 saturated carbocycles. The lowest BCUT2D eigenvalue weighted by Crippen LogP contribution is -1.91. The van der Waals surface area contributed by atoms with Gasteiger partial charge in [0, 0.05) is 28.9 Å². The summed E-state index contributed by atoms with van der Waals surface area (Å²) in [6.45, 7) is 0. The van der Waals surface area contributed by atoms with Crippen molar-refractivity contribution >= 4 is 52.1 Å². The van der Waals surface area contributed by atoms with E-state index in [1.165, 1.54) is 23.5 Å². The molecule has 0 fully saturated rings. The van der Waals surface area contributed by atoms with Crippen LogP contribution in [0.25, 0.3) is 10.4 Å². The molecule has 3 rings (SSSR count). The fourth-order valence-corrected chi connectivity index (χ4v) is 3.38. The van der Waals surface area contributed by atoms with Gasteiger partial charge in [-0.25, -0.2) is 4.98 Å². The van der Waals surface area contributed by atoms with E-state index in [0.29, 0.717) is 20.7 Å². The van der Waals surface area contributed by atoms with Gasteiger partial charge >= 0.3 is 0 Å². The van der Waals surface area contributed by atoms with Crippen LogP contribution in [-0.4, -0.2) is 16.1 Å². The van der Waals surface area contributed by atoms with Gasteiger partial charge in [0.2, 0.25) is 0 Å². The first-order chi connectivity index (χ1) is 12.0. The number of hydrogen-bond donors (Lipinski definition) is 1. The predicted molar refractivity (Wildman–Crippen MR) is 102 cm³/mol. The summed E-state index contributed by atoms with van der Waals surface area (Å²) in [6.07, 6.45) is 3.28. The van der Waals surface area contributed by atoms with Crippen molar-refractivity contribution < 1.29 is 4.92 Å². The van der Waals surface area contributed by atoms with E-state index in [2.05, 4.69) is 15.5 Å². The Hall–Kier alpha value is -2.48. The number of anilines is 1. The van der Waals surface area contributed by atoms with Gasteiger partial charge in [0.25, 0.3) is 5.69 Å². The minimum Gasteiger partial charge on any atom is -0.278 e. The molecule has 1 heterocycles. The van der Waals surface area contributed by atoms with Gasteiger partial charge in [0.05, 0.1) is 26.7 Å². The summed E-state index contributed by atoms with van der Waals surface area (Å²) >= 11 is 13.5. The Bertz CT molecular complexity index is 942. The molecule has 0 aliphatic rings. The molecule has 126 valence electrons. The molecule has 1 N–H and O–H groups in total. The van der Waals surface area contributed by atoms with E-state index in [0.717, 1.165) is 10.4 Å². The molecule has 9 heteroatoms. The van der Waals surface area contributed by atoms with Crippen molar-refractivity contribution in [2.24, 2.45) is 5.10 Å². The predicted octanol–water partition coefficient (Wildman–Crippen LogP) is 5.47. The second-order valence-corrected chi connectivity index (χ2v) is 6.77. The maximum atomic E-state index is 10.6. The zero-order valence-corrected chi connectivity index (χ0v) is 14.8. The highest BCUT2D eigenvalue weighted by molar-refractivity contribution is 7.16. The number of thiazole rings is 1. The summed E-state index contributed by atoms with van der Waals surface area (Å²) in [4.78, 5) is 15.3. The fraction of sp³-hybridized carbons (Fsp3) is 0. The van der Waals surface area contributed by atoms with Crippen LogP contribution in [0.3, 0.4) is 0 Å². The molecule has 25 heavy (non-hydrogen) atoms. The first kappa shape index (κ1) is 17.3. The summed E-state index contributed by atoms with van der Waals surface area (Å²) < 4.78 is 0. The van der Waals surface area contributed by atoms with Crippen molar-refractivity contribution in [2.75, 3.05) is 5.43 Å². The van der Waals surface area contributed by atoms with Gasteiger partial charge < -0.3 is 0 Å². The first-order valence-electron chi connectivity index (χ1n) is 6.98. The quantitative estimate of drug-likeness (QED) is 0.354.